The van der Waals surface area contributed by atoms with Crippen LogP contribution >= 0.6 is 27.3 Å². The summed E-state index contributed by atoms with van der Waals surface area (Å²) in [5.41, 5.74) is 5.57. The molecule has 1 aliphatic carbocycles. The van der Waals surface area contributed by atoms with Crippen molar-refractivity contribution in [2.24, 2.45) is 11.7 Å². The summed E-state index contributed by atoms with van der Waals surface area (Å²) in [6.07, 6.45) is 2.14. The van der Waals surface area contributed by atoms with E-state index in [0.717, 1.165) is 16.6 Å². The number of hydrogen-bond donors (Lipinski definition) is 2. The Balaban J connectivity index is 2.12. The van der Waals surface area contributed by atoms with E-state index in [0.29, 0.717) is 16.7 Å². The molecule has 0 amide bonds. The fourth-order valence-corrected chi connectivity index (χ4v) is 4.88. The van der Waals surface area contributed by atoms with Gasteiger partial charge in [0.2, 0.25) is 10.0 Å². The van der Waals surface area contributed by atoms with Crippen molar-refractivity contribution >= 4 is 37.3 Å². The van der Waals surface area contributed by atoms with E-state index in [2.05, 4.69) is 20.7 Å². The summed E-state index contributed by atoms with van der Waals surface area (Å²) in [7, 11) is -3.40. The maximum Gasteiger partial charge on any atom is 0.250 e. The van der Waals surface area contributed by atoms with Gasteiger partial charge in [0.1, 0.15) is 4.21 Å². The van der Waals surface area contributed by atoms with Gasteiger partial charge in [-0.1, -0.05) is 0 Å². The summed E-state index contributed by atoms with van der Waals surface area (Å²) in [5.74, 6) is 0.420. The Kier molecular flexibility index (Phi) is 3.70. The van der Waals surface area contributed by atoms with Crippen molar-refractivity contribution in [2.45, 2.75) is 23.1 Å². The molecule has 4 nitrogen and oxygen atoms in total. The standard InChI is InChI=1S/C9H13BrN2O2S2/c10-8-3-4-9(15-8)16(13,14)12-7(5-11)6-1-2-6/h3-4,6-7,12H,1-2,5,11H2. The lowest BCUT2D eigenvalue weighted by atomic mass is 10.2. The van der Waals surface area contributed by atoms with Crippen LogP contribution < -0.4 is 10.5 Å². The number of halogens is 1. The molecule has 1 heterocycles. The van der Waals surface area contributed by atoms with Gasteiger partial charge in [0, 0.05) is 12.6 Å². The number of nitrogens with two attached hydrogens (primary N) is 1. The Labute approximate surface area is 107 Å². The van der Waals surface area contributed by atoms with E-state index < -0.39 is 10.0 Å². The van der Waals surface area contributed by atoms with Crippen LogP contribution in [0.15, 0.2) is 20.1 Å². The van der Waals surface area contributed by atoms with Gasteiger partial charge < -0.3 is 5.73 Å². The third-order valence-corrected chi connectivity index (χ3v) is 6.17. The molecule has 7 heteroatoms. The van der Waals surface area contributed by atoms with Crippen LogP contribution in [0.25, 0.3) is 0 Å². The number of hydrogen-bond acceptors (Lipinski definition) is 4. The van der Waals surface area contributed by atoms with Crippen LogP contribution in [0, 0.1) is 5.92 Å². The average molecular weight is 325 g/mol. The van der Waals surface area contributed by atoms with Crippen LogP contribution in [0.1, 0.15) is 12.8 Å². The van der Waals surface area contributed by atoms with E-state index in [4.69, 9.17) is 5.73 Å². The molecule has 1 aromatic rings. The van der Waals surface area contributed by atoms with Gasteiger partial charge in [-0.2, -0.15) is 0 Å². The lowest BCUT2D eigenvalue weighted by Gasteiger charge is -2.15. The quantitative estimate of drug-likeness (QED) is 0.862. The monoisotopic (exact) mass is 324 g/mol. The van der Waals surface area contributed by atoms with Gasteiger partial charge in [-0.25, -0.2) is 13.1 Å². The van der Waals surface area contributed by atoms with Crippen LogP contribution in [0.4, 0.5) is 0 Å². The van der Waals surface area contributed by atoms with Crippen molar-refractivity contribution in [1.82, 2.24) is 4.72 Å². The van der Waals surface area contributed by atoms with Gasteiger partial charge in [0.25, 0.3) is 0 Å². The van der Waals surface area contributed by atoms with Gasteiger partial charge >= 0.3 is 0 Å². The molecule has 1 saturated carbocycles. The summed E-state index contributed by atoms with van der Waals surface area (Å²) in [6, 6.07) is 3.21. The maximum absolute atomic E-state index is 12.0. The Morgan fingerprint density at radius 3 is 2.69 bits per heavy atom. The first-order valence-corrected chi connectivity index (χ1v) is 8.10. The van der Waals surface area contributed by atoms with E-state index >= 15 is 0 Å². The Hall–Kier alpha value is 0.0500. The number of sulfonamides is 1. The molecule has 1 fully saturated rings. The minimum absolute atomic E-state index is 0.120. The van der Waals surface area contributed by atoms with Crippen molar-refractivity contribution in [3.8, 4) is 0 Å². The molecular formula is C9H13BrN2O2S2. The minimum atomic E-state index is -3.40. The molecule has 0 aliphatic heterocycles. The Morgan fingerprint density at radius 1 is 1.56 bits per heavy atom. The van der Waals surface area contributed by atoms with Crippen LogP contribution in [0.3, 0.4) is 0 Å². The molecule has 1 unspecified atom stereocenters. The minimum Gasteiger partial charge on any atom is -0.329 e. The summed E-state index contributed by atoms with van der Waals surface area (Å²) < 4.78 is 27.8. The first kappa shape index (κ1) is 12.5. The van der Waals surface area contributed by atoms with E-state index in [1.807, 2.05) is 0 Å². The van der Waals surface area contributed by atoms with Crippen LogP contribution in [-0.2, 0) is 10.0 Å². The van der Waals surface area contributed by atoms with Gasteiger partial charge in [-0.15, -0.1) is 11.3 Å². The number of nitrogens with one attached hydrogen (secondary N) is 1. The molecule has 2 rings (SSSR count). The predicted molar refractivity (Wildman–Crippen MR) is 67.9 cm³/mol. The van der Waals surface area contributed by atoms with Gasteiger partial charge in [-0.3, -0.25) is 0 Å². The van der Waals surface area contributed by atoms with Crippen molar-refractivity contribution in [3.63, 3.8) is 0 Å². The first-order chi connectivity index (χ1) is 7.53. The molecule has 0 saturated heterocycles. The van der Waals surface area contributed by atoms with E-state index in [9.17, 15) is 8.42 Å². The second-order valence-corrected chi connectivity index (χ2v) is 8.26. The third-order valence-electron chi connectivity index (χ3n) is 2.56. The van der Waals surface area contributed by atoms with Gasteiger partial charge in [0.05, 0.1) is 3.79 Å². The highest BCUT2D eigenvalue weighted by Crippen LogP contribution is 2.33. The zero-order valence-corrected chi connectivity index (χ0v) is 11.7. The van der Waals surface area contributed by atoms with Gasteiger partial charge in [0.15, 0.2) is 0 Å². The second-order valence-electron chi connectivity index (χ2n) is 3.86. The molecule has 1 atom stereocenters. The number of thiophene rings is 1. The van der Waals surface area contributed by atoms with E-state index in [1.165, 1.54) is 11.3 Å². The van der Waals surface area contributed by atoms with E-state index in [1.54, 1.807) is 12.1 Å². The molecule has 90 valence electrons. The molecule has 0 aromatic carbocycles. The zero-order valence-electron chi connectivity index (χ0n) is 8.52. The van der Waals surface area contributed by atoms with Crippen LogP contribution in [0.2, 0.25) is 0 Å². The second kappa shape index (κ2) is 4.73. The highest BCUT2D eigenvalue weighted by Gasteiger charge is 2.33. The summed E-state index contributed by atoms with van der Waals surface area (Å²) in [5, 5.41) is 0. The fourth-order valence-electron chi connectivity index (χ4n) is 1.53. The maximum atomic E-state index is 12.0. The molecule has 1 aromatic heterocycles. The largest absolute Gasteiger partial charge is 0.329 e. The first-order valence-electron chi connectivity index (χ1n) is 5.00. The molecule has 3 N–H and O–H groups in total. The predicted octanol–water partition coefficient (Wildman–Crippen LogP) is 1.53. The lowest BCUT2D eigenvalue weighted by Crippen LogP contribution is -2.41. The molecule has 0 spiro atoms. The normalized spacial score (nSPS) is 18.6. The summed E-state index contributed by atoms with van der Waals surface area (Å²) in [6.45, 7) is 0.358. The number of rotatable bonds is 5. The third kappa shape index (κ3) is 2.84. The molecule has 0 radical (unpaired) electrons. The van der Waals surface area contributed by atoms with E-state index in [-0.39, 0.29) is 6.04 Å². The smallest absolute Gasteiger partial charge is 0.250 e. The zero-order chi connectivity index (χ0) is 11.8. The molecule has 16 heavy (non-hydrogen) atoms. The highest BCUT2D eigenvalue weighted by atomic mass is 79.9. The van der Waals surface area contributed by atoms with Crippen molar-refractivity contribution in [1.29, 1.82) is 0 Å². The SMILES string of the molecule is NCC(NS(=O)(=O)c1ccc(Br)s1)C1CC1. The summed E-state index contributed by atoms with van der Waals surface area (Å²) in [4.78, 5) is 0. The van der Waals surface area contributed by atoms with Crippen molar-refractivity contribution in [2.75, 3.05) is 6.54 Å². The average Bonchev–Trinajstić information content (AvgIpc) is 2.97. The molecule has 1 aliphatic rings. The van der Waals surface area contributed by atoms with Crippen molar-refractivity contribution in [3.05, 3.63) is 15.9 Å². The topological polar surface area (TPSA) is 72.2 Å². The lowest BCUT2D eigenvalue weighted by molar-refractivity contribution is 0.520. The fraction of sp³-hybridized carbons (Fsp3) is 0.556. The van der Waals surface area contributed by atoms with Crippen LogP contribution in [-0.4, -0.2) is 21.0 Å². The highest BCUT2D eigenvalue weighted by molar-refractivity contribution is 9.11. The molecular weight excluding hydrogens is 312 g/mol. The summed E-state index contributed by atoms with van der Waals surface area (Å²) >= 11 is 4.46. The Morgan fingerprint density at radius 2 is 2.25 bits per heavy atom. The van der Waals surface area contributed by atoms with Crippen LogP contribution in [0.5, 0.6) is 0 Å². The van der Waals surface area contributed by atoms with Gasteiger partial charge in [-0.05, 0) is 46.8 Å². The van der Waals surface area contributed by atoms with Crippen molar-refractivity contribution < 1.29 is 8.42 Å². The Bertz CT molecular complexity index is 468. The molecule has 0 bridgehead atoms.